The Hall–Kier alpha value is -2.80. The number of esters is 1. The van der Waals surface area contributed by atoms with Gasteiger partial charge < -0.3 is 4.74 Å². The molecular formula is C20H16ClF3N2O2. The highest BCUT2D eigenvalue weighted by molar-refractivity contribution is 6.32. The smallest absolute Gasteiger partial charge is 0.416 e. The molecule has 0 saturated heterocycles. The number of rotatable bonds is 5. The van der Waals surface area contributed by atoms with Gasteiger partial charge in [-0.3, -0.25) is 0 Å². The maximum absolute atomic E-state index is 13.1. The van der Waals surface area contributed by atoms with E-state index in [9.17, 15) is 18.0 Å². The molecule has 0 aliphatic rings. The van der Waals surface area contributed by atoms with E-state index >= 15 is 0 Å². The number of aromatic nitrogens is 2. The normalized spacial score (nSPS) is 11.5. The van der Waals surface area contributed by atoms with E-state index < -0.39 is 24.3 Å². The third-order valence-corrected chi connectivity index (χ3v) is 4.51. The first-order chi connectivity index (χ1) is 13.3. The number of alkyl halides is 3. The summed E-state index contributed by atoms with van der Waals surface area (Å²) in [6.07, 6.45) is -4.53. The van der Waals surface area contributed by atoms with Crippen molar-refractivity contribution in [3.63, 3.8) is 0 Å². The molecule has 2 aromatic carbocycles. The number of benzene rings is 2. The fourth-order valence-electron chi connectivity index (χ4n) is 2.78. The quantitative estimate of drug-likeness (QED) is 0.540. The predicted molar refractivity (Wildman–Crippen MR) is 98.1 cm³/mol. The van der Waals surface area contributed by atoms with E-state index in [0.29, 0.717) is 12.2 Å². The number of hydrogen-bond donors (Lipinski definition) is 0. The first-order valence-corrected chi connectivity index (χ1v) is 8.74. The van der Waals surface area contributed by atoms with Crippen LogP contribution in [0.5, 0.6) is 0 Å². The SMILES string of the molecule is Cc1nn(Cc2ccccc2)c(Cl)c1C(=O)OCc1ccccc1C(F)(F)F. The second-order valence-corrected chi connectivity index (χ2v) is 6.48. The van der Waals surface area contributed by atoms with E-state index in [1.165, 1.54) is 22.9 Å². The number of halogens is 4. The first kappa shape index (κ1) is 19.9. The van der Waals surface area contributed by atoms with Gasteiger partial charge >= 0.3 is 12.1 Å². The number of hydrogen-bond acceptors (Lipinski definition) is 3. The van der Waals surface area contributed by atoms with Crippen molar-refractivity contribution in [1.29, 1.82) is 0 Å². The zero-order valence-electron chi connectivity index (χ0n) is 14.8. The number of ether oxygens (including phenoxy) is 1. The molecule has 0 atom stereocenters. The van der Waals surface area contributed by atoms with Crippen LogP contribution in [-0.2, 0) is 24.1 Å². The molecular weight excluding hydrogens is 393 g/mol. The Balaban J connectivity index is 1.77. The highest BCUT2D eigenvalue weighted by atomic mass is 35.5. The Morgan fingerprint density at radius 1 is 1.11 bits per heavy atom. The molecule has 4 nitrogen and oxygen atoms in total. The molecule has 8 heteroatoms. The van der Waals surface area contributed by atoms with Crippen LogP contribution in [0.3, 0.4) is 0 Å². The molecule has 0 amide bonds. The summed E-state index contributed by atoms with van der Waals surface area (Å²) in [5, 5.41) is 4.32. The highest BCUT2D eigenvalue weighted by Crippen LogP contribution is 2.32. The lowest BCUT2D eigenvalue weighted by Crippen LogP contribution is -2.12. The minimum Gasteiger partial charge on any atom is -0.457 e. The Morgan fingerprint density at radius 3 is 2.43 bits per heavy atom. The van der Waals surface area contributed by atoms with E-state index in [4.69, 9.17) is 16.3 Å². The molecule has 0 spiro atoms. The van der Waals surface area contributed by atoms with Gasteiger partial charge in [-0.15, -0.1) is 0 Å². The van der Waals surface area contributed by atoms with Gasteiger partial charge in [0.25, 0.3) is 0 Å². The molecule has 1 aromatic heterocycles. The Labute approximate surface area is 164 Å². The van der Waals surface area contributed by atoms with Gasteiger partial charge in [-0.25, -0.2) is 9.48 Å². The standard InChI is InChI=1S/C20H16ClF3N2O2/c1-13-17(18(21)26(25-13)11-14-7-3-2-4-8-14)19(27)28-12-15-9-5-6-10-16(15)20(22,23)24/h2-10H,11-12H2,1H3. The maximum atomic E-state index is 13.1. The predicted octanol–water partition coefficient (Wildman–Crippen LogP) is 5.27. The van der Waals surface area contributed by atoms with Crippen LogP contribution in [0, 0.1) is 6.92 Å². The van der Waals surface area contributed by atoms with Crippen molar-refractivity contribution in [2.45, 2.75) is 26.3 Å². The molecule has 0 bridgehead atoms. The topological polar surface area (TPSA) is 44.1 Å². The van der Waals surface area contributed by atoms with Gasteiger partial charge in [0.1, 0.15) is 17.3 Å². The summed E-state index contributed by atoms with van der Waals surface area (Å²) in [5.41, 5.74) is 0.349. The molecule has 3 aromatic rings. The van der Waals surface area contributed by atoms with Crippen LogP contribution in [0.1, 0.15) is 32.7 Å². The molecule has 146 valence electrons. The second kappa shape index (κ2) is 8.06. The molecule has 28 heavy (non-hydrogen) atoms. The highest BCUT2D eigenvalue weighted by Gasteiger charge is 2.33. The maximum Gasteiger partial charge on any atom is 0.416 e. The molecule has 0 radical (unpaired) electrons. The first-order valence-electron chi connectivity index (χ1n) is 8.36. The van der Waals surface area contributed by atoms with Gasteiger partial charge in [-0.05, 0) is 18.6 Å². The van der Waals surface area contributed by atoms with E-state index in [1.807, 2.05) is 30.3 Å². The van der Waals surface area contributed by atoms with Crippen LogP contribution in [0.4, 0.5) is 13.2 Å². The van der Waals surface area contributed by atoms with E-state index in [0.717, 1.165) is 11.6 Å². The zero-order chi connectivity index (χ0) is 20.3. The van der Waals surface area contributed by atoms with E-state index in [-0.39, 0.29) is 16.3 Å². The molecule has 3 rings (SSSR count). The summed E-state index contributed by atoms with van der Waals surface area (Å²) in [7, 11) is 0. The van der Waals surface area contributed by atoms with Gasteiger partial charge in [0.05, 0.1) is 17.8 Å². The average molecular weight is 409 g/mol. The number of aryl methyl sites for hydroxylation is 1. The number of nitrogens with zero attached hydrogens (tertiary/aromatic N) is 2. The lowest BCUT2D eigenvalue weighted by Gasteiger charge is -2.12. The molecule has 0 aliphatic heterocycles. The Kier molecular flexibility index (Phi) is 5.74. The number of carbonyl (C=O) groups excluding carboxylic acids is 1. The molecule has 1 heterocycles. The van der Waals surface area contributed by atoms with E-state index in [2.05, 4.69) is 5.10 Å². The monoisotopic (exact) mass is 408 g/mol. The summed E-state index contributed by atoms with van der Waals surface area (Å²) in [5.74, 6) is -0.821. The van der Waals surface area contributed by atoms with Crippen molar-refractivity contribution in [1.82, 2.24) is 9.78 Å². The van der Waals surface area contributed by atoms with Crippen LogP contribution in [0.15, 0.2) is 54.6 Å². The van der Waals surface area contributed by atoms with Crippen molar-refractivity contribution < 1.29 is 22.7 Å². The van der Waals surface area contributed by atoms with Crippen LogP contribution < -0.4 is 0 Å². The summed E-state index contributed by atoms with van der Waals surface area (Å²) in [6.45, 7) is 1.42. The summed E-state index contributed by atoms with van der Waals surface area (Å²) < 4.78 is 45.7. The molecule has 0 N–H and O–H groups in total. The molecule has 0 saturated carbocycles. The Bertz CT molecular complexity index is 985. The minimum atomic E-state index is -4.53. The van der Waals surface area contributed by atoms with Gasteiger partial charge in [-0.2, -0.15) is 18.3 Å². The number of carbonyl (C=O) groups is 1. The van der Waals surface area contributed by atoms with Crippen LogP contribution in [0.25, 0.3) is 0 Å². The van der Waals surface area contributed by atoms with Gasteiger partial charge in [0, 0.05) is 5.56 Å². The van der Waals surface area contributed by atoms with Crippen molar-refractivity contribution in [2.24, 2.45) is 0 Å². The van der Waals surface area contributed by atoms with Gasteiger partial charge in [0.2, 0.25) is 0 Å². The van der Waals surface area contributed by atoms with Gasteiger partial charge in [-0.1, -0.05) is 60.1 Å². The van der Waals surface area contributed by atoms with Crippen molar-refractivity contribution in [2.75, 3.05) is 0 Å². The average Bonchev–Trinajstić information content (AvgIpc) is 2.93. The van der Waals surface area contributed by atoms with Crippen molar-refractivity contribution in [3.8, 4) is 0 Å². The van der Waals surface area contributed by atoms with Crippen LogP contribution >= 0.6 is 11.6 Å². The second-order valence-electron chi connectivity index (χ2n) is 6.13. The van der Waals surface area contributed by atoms with Crippen LogP contribution in [-0.4, -0.2) is 15.7 Å². The van der Waals surface area contributed by atoms with Gasteiger partial charge in [0.15, 0.2) is 0 Å². The summed E-state index contributed by atoms with van der Waals surface area (Å²) >= 11 is 6.28. The summed E-state index contributed by atoms with van der Waals surface area (Å²) in [4.78, 5) is 12.4. The fraction of sp³-hybridized carbons (Fsp3) is 0.200. The van der Waals surface area contributed by atoms with E-state index in [1.54, 1.807) is 6.92 Å². The fourth-order valence-corrected chi connectivity index (χ4v) is 3.10. The Morgan fingerprint density at radius 2 is 1.75 bits per heavy atom. The summed E-state index contributed by atoms with van der Waals surface area (Å²) in [6, 6.07) is 14.3. The lowest BCUT2D eigenvalue weighted by molar-refractivity contribution is -0.138. The zero-order valence-corrected chi connectivity index (χ0v) is 15.6. The molecule has 0 unspecified atom stereocenters. The van der Waals surface area contributed by atoms with Crippen LogP contribution in [0.2, 0.25) is 5.15 Å². The van der Waals surface area contributed by atoms with Crippen molar-refractivity contribution >= 4 is 17.6 Å². The molecule has 0 fully saturated rings. The molecule has 0 aliphatic carbocycles. The largest absolute Gasteiger partial charge is 0.457 e. The third-order valence-electron chi connectivity index (χ3n) is 4.13. The van der Waals surface area contributed by atoms with Crippen molar-refractivity contribution in [3.05, 3.63) is 87.7 Å². The minimum absolute atomic E-state index is 0.0436. The lowest BCUT2D eigenvalue weighted by atomic mass is 10.1. The third kappa shape index (κ3) is 4.36.